The van der Waals surface area contributed by atoms with Crippen molar-refractivity contribution in [3.63, 3.8) is 0 Å². The van der Waals surface area contributed by atoms with Gasteiger partial charge in [0.25, 0.3) is 5.91 Å². The van der Waals surface area contributed by atoms with Gasteiger partial charge in [-0.1, -0.05) is 0 Å². The summed E-state index contributed by atoms with van der Waals surface area (Å²) in [6.07, 6.45) is 0.144. The molecule has 1 N–H and O–H groups in total. The van der Waals surface area contributed by atoms with Gasteiger partial charge < -0.3 is 14.8 Å². The molecule has 1 atom stereocenters. The number of halogens is 3. The fourth-order valence-electron chi connectivity index (χ4n) is 5.34. The predicted molar refractivity (Wildman–Crippen MR) is 127 cm³/mol. The maximum Gasteiger partial charge on any atom is 0.416 e. The van der Waals surface area contributed by atoms with E-state index in [1.807, 2.05) is 10.8 Å². The lowest BCUT2D eigenvalue weighted by atomic mass is 9.82. The minimum atomic E-state index is -4.41. The van der Waals surface area contributed by atoms with Crippen molar-refractivity contribution in [2.24, 2.45) is 7.05 Å². The van der Waals surface area contributed by atoms with Crippen LogP contribution < -0.4 is 5.32 Å². The summed E-state index contributed by atoms with van der Waals surface area (Å²) in [4.78, 5) is 12.9. The van der Waals surface area contributed by atoms with Crippen molar-refractivity contribution < 1.29 is 27.4 Å². The molecule has 2 aliphatic rings. The van der Waals surface area contributed by atoms with Gasteiger partial charge in [0.15, 0.2) is 5.65 Å². The van der Waals surface area contributed by atoms with Gasteiger partial charge in [-0.3, -0.25) is 14.0 Å². The fraction of sp³-hybridized carbons (Fsp3) is 0.385. The maximum absolute atomic E-state index is 13.1. The number of nitrogens with zero attached hydrogens (tertiary/aromatic N) is 3. The van der Waals surface area contributed by atoms with Crippen molar-refractivity contribution in [2.45, 2.75) is 37.1 Å². The number of aromatic nitrogens is 3. The molecule has 188 valence electrons. The first-order chi connectivity index (χ1) is 17.2. The molecule has 1 unspecified atom stereocenters. The van der Waals surface area contributed by atoms with Gasteiger partial charge in [-0.25, -0.2) is 0 Å². The second-order valence-electron chi connectivity index (χ2n) is 9.60. The molecular weight excluding hydrogens is 473 g/mol. The Hall–Kier alpha value is -3.37. The highest BCUT2D eigenvalue weighted by Gasteiger charge is 2.46. The van der Waals surface area contributed by atoms with Crippen LogP contribution in [0.3, 0.4) is 0 Å². The molecule has 1 spiro atoms. The van der Waals surface area contributed by atoms with Crippen LogP contribution in [-0.2, 0) is 22.7 Å². The van der Waals surface area contributed by atoms with Crippen LogP contribution >= 0.6 is 0 Å². The number of amides is 1. The van der Waals surface area contributed by atoms with E-state index in [1.165, 1.54) is 12.1 Å². The fourth-order valence-corrected chi connectivity index (χ4v) is 5.34. The smallest absolute Gasteiger partial charge is 0.381 e. The molecule has 4 heterocycles. The molecule has 2 aliphatic heterocycles. The van der Waals surface area contributed by atoms with Crippen molar-refractivity contribution in [3.8, 4) is 5.69 Å². The summed E-state index contributed by atoms with van der Waals surface area (Å²) >= 11 is 0. The molecule has 2 aromatic heterocycles. The number of ether oxygens (including phenoxy) is 2. The first-order valence-corrected chi connectivity index (χ1v) is 11.9. The second-order valence-corrected chi connectivity index (χ2v) is 9.60. The van der Waals surface area contributed by atoms with Crippen LogP contribution in [0.5, 0.6) is 0 Å². The van der Waals surface area contributed by atoms with E-state index in [1.54, 1.807) is 29.9 Å². The van der Waals surface area contributed by atoms with Crippen LogP contribution in [0.15, 0.2) is 48.7 Å². The van der Waals surface area contributed by atoms with E-state index in [4.69, 9.17) is 9.47 Å². The average molecular weight is 499 g/mol. The number of alkyl halides is 3. The van der Waals surface area contributed by atoms with E-state index in [9.17, 15) is 18.0 Å². The van der Waals surface area contributed by atoms with Gasteiger partial charge in [0.1, 0.15) is 0 Å². The van der Waals surface area contributed by atoms with Crippen LogP contribution in [-0.4, -0.2) is 51.7 Å². The number of aryl methyl sites for hydroxylation is 1. The third kappa shape index (κ3) is 3.94. The summed E-state index contributed by atoms with van der Waals surface area (Å²) in [5.74, 6) is -0.201. The third-order valence-electron chi connectivity index (χ3n) is 7.17. The molecule has 1 amide bonds. The van der Waals surface area contributed by atoms with E-state index in [2.05, 4.69) is 10.4 Å². The predicted octanol–water partition coefficient (Wildman–Crippen LogP) is 4.60. The molecule has 0 bridgehead atoms. The van der Waals surface area contributed by atoms with Gasteiger partial charge in [-0.05, 0) is 55.3 Å². The van der Waals surface area contributed by atoms with Crippen LogP contribution in [0.4, 0.5) is 13.2 Å². The average Bonchev–Trinajstić information content (AvgIpc) is 3.35. The summed E-state index contributed by atoms with van der Waals surface area (Å²) in [5.41, 5.74) is 1.63. The summed E-state index contributed by atoms with van der Waals surface area (Å²) in [7, 11) is 1.78. The number of hydrogen-bond acceptors (Lipinski definition) is 4. The highest BCUT2D eigenvalue weighted by atomic mass is 19.4. The second kappa shape index (κ2) is 8.35. The summed E-state index contributed by atoms with van der Waals surface area (Å²) in [6, 6.07) is 10.3. The number of fused-ring (bicyclic) bond motifs is 3. The van der Waals surface area contributed by atoms with Gasteiger partial charge in [-0.15, -0.1) is 0 Å². The van der Waals surface area contributed by atoms with Crippen LogP contribution in [0.25, 0.3) is 27.6 Å². The molecule has 0 aliphatic carbocycles. The van der Waals surface area contributed by atoms with Crippen LogP contribution in [0.2, 0.25) is 0 Å². The highest BCUT2D eigenvalue weighted by molar-refractivity contribution is 6.10. The highest BCUT2D eigenvalue weighted by Crippen LogP contribution is 2.40. The Morgan fingerprint density at radius 3 is 2.56 bits per heavy atom. The van der Waals surface area contributed by atoms with E-state index in [0.29, 0.717) is 36.7 Å². The first-order valence-electron chi connectivity index (χ1n) is 11.9. The molecule has 10 heteroatoms. The lowest BCUT2D eigenvalue weighted by molar-refractivity contribution is -0.233. The Balaban J connectivity index is 1.26. The Bertz CT molecular complexity index is 1440. The molecule has 4 aromatic rings. The molecule has 36 heavy (non-hydrogen) atoms. The molecular formula is C26H25F3N4O3. The minimum absolute atomic E-state index is 0.00145. The number of rotatable bonds is 4. The topological polar surface area (TPSA) is 70.3 Å². The van der Waals surface area contributed by atoms with Gasteiger partial charge in [0, 0.05) is 61.4 Å². The summed E-state index contributed by atoms with van der Waals surface area (Å²) < 4.78 is 54.1. The number of carbonyl (C=O) groups excluding carboxylic acids is 1. The Labute approximate surface area is 204 Å². The van der Waals surface area contributed by atoms with Gasteiger partial charge in [-0.2, -0.15) is 18.3 Å². The lowest BCUT2D eigenvalue weighted by Crippen LogP contribution is -2.56. The zero-order valence-electron chi connectivity index (χ0n) is 19.6. The Morgan fingerprint density at radius 2 is 1.86 bits per heavy atom. The van der Waals surface area contributed by atoms with Crippen LogP contribution in [0.1, 0.15) is 35.2 Å². The van der Waals surface area contributed by atoms with E-state index in [0.717, 1.165) is 47.7 Å². The van der Waals surface area contributed by atoms with Crippen molar-refractivity contribution in [3.05, 3.63) is 59.8 Å². The number of carbonyl (C=O) groups is 1. The molecule has 7 nitrogen and oxygen atoms in total. The van der Waals surface area contributed by atoms with Gasteiger partial charge >= 0.3 is 6.18 Å². The standard InChI is InChI=1S/C26H25F3N4O3/c1-32-15-21-20-12-16(24(34)30-14-19-13-25(36-19)8-10-35-11-9-25)2-7-22(20)33(23(21)31-32)18-5-3-17(4-6-18)26(27,28)29/h2-7,12,15,19H,8-11,13-14H2,1H3,(H,30,34). The van der Waals surface area contributed by atoms with E-state index >= 15 is 0 Å². The van der Waals surface area contributed by atoms with Crippen molar-refractivity contribution in [1.82, 2.24) is 19.7 Å². The molecule has 2 fully saturated rings. The largest absolute Gasteiger partial charge is 0.416 e. The van der Waals surface area contributed by atoms with Crippen molar-refractivity contribution in [1.29, 1.82) is 0 Å². The molecule has 0 saturated carbocycles. The Morgan fingerprint density at radius 1 is 1.14 bits per heavy atom. The normalized spacial score (nSPS) is 19.6. The number of benzene rings is 2. The van der Waals surface area contributed by atoms with Gasteiger partial charge in [0.2, 0.25) is 0 Å². The zero-order valence-corrected chi connectivity index (χ0v) is 19.6. The SMILES string of the molecule is Cn1cc2c3cc(C(=O)NCC4CC5(CCOCC5)O4)ccc3n(-c3ccc(C(F)(F)F)cc3)c2n1. The third-order valence-corrected chi connectivity index (χ3v) is 7.17. The lowest BCUT2D eigenvalue weighted by Gasteiger charge is -2.50. The van der Waals surface area contributed by atoms with E-state index in [-0.39, 0.29) is 17.6 Å². The van der Waals surface area contributed by atoms with Crippen LogP contribution in [0, 0.1) is 0 Å². The molecule has 2 saturated heterocycles. The summed E-state index contributed by atoms with van der Waals surface area (Å²) in [5, 5.41) is 9.10. The first kappa shape index (κ1) is 23.1. The zero-order chi connectivity index (χ0) is 25.1. The minimum Gasteiger partial charge on any atom is -0.381 e. The van der Waals surface area contributed by atoms with Crippen molar-refractivity contribution in [2.75, 3.05) is 19.8 Å². The Kier molecular flexibility index (Phi) is 5.34. The number of hydrogen-bond donors (Lipinski definition) is 1. The maximum atomic E-state index is 13.1. The van der Waals surface area contributed by atoms with Crippen molar-refractivity contribution >= 4 is 27.8 Å². The molecule has 2 aromatic carbocycles. The molecule has 6 rings (SSSR count). The van der Waals surface area contributed by atoms with E-state index < -0.39 is 11.7 Å². The molecule has 0 radical (unpaired) electrons. The van der Waals surface area contributed by atoms with Gasteiger partial charge in [0.05, 0.1) is 22.8 Å². The number of nitrogens with one attached hydrogen (secondary N) is 1. The monoisotopic (exact) mass is 498 g/mol. The quantitative estimate of drug-likeness (QED) is 0.447. The summed E-state index contributed by atoms with van der Waals surface area (Å²) in [6.45, 7) is 1.87.